The summed E-state index contributed by atoms with van der Waals surface area (Å²) in [6.45, 7) is 12.9. The molecule has 2 N–H and O–H groups in total. The molecule has 50 heavy (non-hydrogen) atoms. The van der Waals surface area contributed by atoms with Crippen LogP contribution >= 0.6 is 0 Å². The number of hydrogen-bond acceptors (Lipinski definition) is 6. The molecular weight excluding hydrogens is 624 g/mol. The van der Waals surface area contributed by atoms with Crippen molar-refractivity contribution in [3.63, 3.8) is 0 Å². The van der Waals surface area contributed by atoms with E-state index in [4.69, 9.17) is 9.47 Å². The molecule has 0 aliphatic rings. The first-order valence-corrected chi connectivity index (χ1v) is 21.9. The largest absolute Gasteiger partial charge is 0.464 e. The van der Waals surface area contributed by atoms with Crippen LogP contribution in [0.25, 0.3) is 0 Å². The SMILES string of the molecule is CCCCCCCCC(CCCCCCCC)COC(=O)C(C)O.CCCCCCCCCCCCOC(=O)C(C)(O)CCCCCCCC. The van der Waals surface area contributed by atoms with Crippen molar-refractivity contribution in [1.82, 2.24) is 0 Å². The molecule has 0 aliphatic carbocycles. The Balaban J connectivity index is 0. The van der Waals surface area contributed by atoms with Crippen LogP contribution in [0, 0.1) is 5.92 Å². The average Bonchev–Trinajstić information content (AvgIpc) is 3.10. The molecule has 2 unspecified atom stereocenters. The quantitative estimate of drug-likeness (QED) is 0.0496. The topological polar surface area (TPSA) is 93.1 Å². The summed E-state index contributed by atoms with van der Waals surface area (Å²) >= 11 is 0. The van der Waals surface area contributed by atoms with Crippen LogP contribution in [-0.4, -0.2) is 47.1 Å². The minimum atomic E-state index is -1.32. The molecule has 0 aromatic carbocycles. The minimum absolute atomic E-state index is 0.443. The molecule has 0 aromatic rings. The number of hydrogen-bond donors (Lipinski definition) is 2. The van der Waals surface area contributed by atoms with Gasteiger partial charge in [-0.1, -0.05) is 195 Å². The predicted octanol–water partition coefficient (Wildman–Crippen LogP) is 13.0. The zero-order valence-electron chi connectivity index (χ0n) is 34.5. The van der Waals surface area contributed by atoms with Gasteiger partial charge in [0.1, 0.15) is 6.10 Å². The number of aliphatic hydroxyl groups excluding tert-OH is 1. The van der Waals surface area contributed by atoms with Crippen molar-refractivity contribution in [2.24, 2.45) is 5.92 Å². The van der Waals surface area contributed by atoms with E-state index in [1.165, 1.54) is 161 Å². The van der Waals surface area contributed by atoms with Crippen molar-refractivity contribution < 1.29 is 29.3 Å². The van der Waals surface area contributed by atoms with E-state index in [9.17, 15) is 19.8 Å². The fourth-order valence-electron chi connectivity index (χ4n) is 6.32. The number of ether oxygens (including phenoxy) is 2. The van der Waals surface area contributed by atoms with Gasteiger partial charge in [0.15, 0.2) is 5.60 Å². The average molecular weight is 713 g/mol. The van der Waals surface area contributed by atoms with Crippen LogP contribution in [0.2, 0.25) is 0 Å². The predicted molar refractivity (Wildman–Crippen MR) is 214 cm³/mol. The lowest BCUT2D eigenvalue weighted by Crippen LogP contribution is -2.37. The third-order valence-corrected chi connectivity index (χ3v) is 9.92. The Bertz CT molecular complexity index is 691. The third-order valence-electron chi connectivity index (χ3n) is 9.92. The van der Waals surface area contributed by atoms with E-state index in [1.807, 2.05) is 0 Å². The lowest BCUT2D eigenvalue weighted by molar-refractivity contribution is -0.164. The van der Waals surface area contributed by atoms with Crippen LogP contribution in [-0.2, 0) is 19.1 Å². The van der Waals surface area contributed by atoms with Gasteiger partial charge in [0, 0.05) is 0 Å². The van der Waals surface area contributed by atoms with Crippen LogP contribution in [0.5, 0.6) is 0 Å². The first-order chi connectivity index (χ1) is 24.2. The highest BCUT2D eigenvalue weighted by Gasteiger charge is 2.31. The Labute approximate surface area is 312 Å². The summed E-state index contributed by atoms with van der Waals surface area (Å²) in [4.78, 5) is 23.5. The molecule has 0 saturated carbocycles. The van der Waals surface area contributed by atoms with Crippen molar-refractivity contribution in [3.8, 4) is 0 Å². The molecule has 0 bridgehead atoms. The number of esters is 2. The van der Waals surface area contributed by atoms with Gasteiger partial charge >= 0.3 is 11.9 Å². The number of unbranched alkanes of at least 4 members (excludes halogenated alkanes) is 24. The summed E-state index contributed by atoms with van der Waals surface area (Å²) in [7, 11) is 0. The molecule has 0 radical (unpaired) electrons. The second-order valence-electron chi connectivity index (χ2n) is 15.4. The van der Waals surface area contributed by atoms with Gasteiger partial charge in [-0.3, -0.25) is 0 Å². The van der Waals surface area contributed by atoms with Gasteiger partial charge in [0.25, 0.3) is 0 Å². The summed E-state index contributed by atoms with van der Waals surface area (Å²) < 4.78 is 10.6. The molecule has 0 aliphatic heterocycles. The van der Waals surface area contributed by atoms with E-state index >= 15 is 0 Å². The second kappa shape index (κ2) is 39.1. The zero-order chi connectivity index (χ0) is 37.6. The van der Waals surface area contributed by atoms with Gasteiger partial charge < -0.3 is 19.7 Å². The number of aliphatic hydroxyl groups is 2. The van der Waals surface area contributed by atoms with Crippen LogP contribution in [0.1, 0.15) is 241 Å². The maximum atomic E-state index is 12.0. The van der Waals surface area contributed by atoms with Crippen molar-refractivity contribution in [2.75, 3.05) is 13.2 Å². The smallest absolute Gasteiger partial charge is 0.337 e. The molecular formula is C44H88O6. The summed E-state index contributed by atoms with van der Waals surface area (Å²) in [5.74, 6) is -0.460. The maximum absolute atomic E-state index is 12.0. The molecule has 0 fully saturated rings. The molecule has 0 rings (SSSR count). The lowest BCUT2D eigenvalue weighted by atomic mass is 9.94. The zero-order valence-corrected chi connectivity index (χ0v) is 34.5. The molecule has 0 amide bonds. The first-order valence-electron chi connectivity index (χ1n) is 21.9. The molecule has 300 valence electrons. The normalized spacial score (nSPS) is 13.1. The Kier molecular flexibility index (Phi) is 39.8. The molecule has 0 spiro atoms. The van der Waals surface area contributed by atoms with Gasteiger partial charge in [0.05, 0.1) is 13.2 Å². The Hall–Kier alpha value is -1.14. The van der Waals surface area contributed by atoms with E-state index in [2.05, 4.69) is 27.7 Å². The van der Waals surface area contributed by atoms with Crippen molar-refractivity contribution >= 4 is 11.9 Å². The van der Waals surface area contributed by atoms with E-state index in [-0.39, 0.29) is 0 Å². The van der Waals surface area contributed by atoms with Crippen molar-refractivity contribution in [2.45, 2.75) is 252 Å². The lowest BCUT2D eigenvalue weighted by Gasteiger charge is -2.21. The van der Waals surface area contributed by atoms with Crippen LogP contribution in [0.15, 0.2) is 0 Å². The maximum Gasteiger partial charge on any atom is 0.337 e. The van der Waals surface area contributed by atoms with Gasteiger partial charge in [-0.25, -0.2) is 9.59 Å². The fraction of sp³-hybridized carbons (Fsp3) is 0.955. The molecule has 6 nitrogen and oxygen atoms in total. The molecule has 0 saturated heterocycles. The van der Waals surface area contributed by atoms with E-state index in [1.54, 1.807) is 6.92 Å². The third kappa shape index (κ3) is 36.6. The van der Waals surface area contributed by atoms with Crippen LogP contribution in [0.4, 0.5) is 0 Å². The molecule has 2 atom stereocenters. The molecule has 0 heterocycles. The molecule has 0 aromatic heterocycles. The van der Waals surface area contributed by atoms with Gasteiger partial charge in [0.2, 0.25) is 0 Å². The monoisotopic (exact) mass is 713 g/mol. The van der Waals surface area contributed by atoms with Gasteiger partial charge in [-0.15, -0.1) is 0 Å². The van der Waals surface area contributed by atoms with E-state index in [0.717, 1.165) is 38.5 Å². The highest BCUT2D eigenvalue weighted by atomic mass is 16.6. The highest BCUT2D eigenvalue weighted by molar-refractivity contribution is 5.78. The summed E-state index contributed by atoms with van der Waals surface area (Å²) in [5, 5.41) is 19.5. The summed E-state index contributed by atoms with van der Waals surface area (Å²) in [5.41, 5.74) is -1.32. The summed E-state index contributed by atoms with van der Waals surface area (Å²) in [6, 6.07) is 0. The second-order valence-corrected chi connectivity index (χ2v) is 15.4. The van der Waals surface area contributed by atoms with Gasteiger partial charge in [-0.05, 0) is 51.9 Å². The van der Waals surface area contributed by atoms with E-state index in [0.29, 0.717) is 25.6 Å². The van der Waals surface area contributed by atoms with Gasteiger partial charge in [-0.2, -0.15) is 0 Å². The standard InChI is InChI=1S/C23H46O3.C21H42O3/c1-4-6-8-10-12-13-14-15-17-19-21-26-22(24)23(3,25)20-18-16-11-9-7-5-2;1-4-6-8-10-12-14-16-20(18-24-21(23)19(3)22)17-15-13-11-9-7-5-2/h25H,4-21H2,1-3H3;19-20,22H,4-18H2,1-3H3. The van der Waals surface area contributed by atoms with E-state index < -0.39 is 23.6 Å². The number of carbonyl (C=O) groups is 2. The Morgan fingerprint density at radius 1 is 0.520 bits per heavy atom. The molecule has 6 heteroatoms. The van der Waals surface area contributed by atoms with Crippen molar-refractivity contribution in [1.29, 1.82) is 0 Å². The Morgan fingerprint density at radius 2 is 0.860 bits per heavy atom. The Morgan fingerprint density at radius 3 is 1.24 bits per heavy atom. The number of rotatable bonds is 36. The van der Waals surface area contributed by atoms with Crippen LogP contribution < -0.4 is 0 Å². The summed E-state index contributed by atoms with van der Waals surface area (Å²) in [6.07, 6.45) is 37.0. The minimum Gasteiger partial charge on any atom is -0.464 e. The first kappa shape index (κ1) is 51.0. The fourth-order valence-corrected chi connectivity index (χ4v) is 6.32. The van der Waals surface area contributed by atoms with Crippen molar-refractivity contribution in [3.05, 3.63) is 0 Å². The van der Waals surface area contributed by atoms with Crippen LogP contribution in [0.3, 0.4) is 0 Å². The number of carbonyl (C=O) groups excluding carboxylic acids is 2. The highest BCUT2D eigenvalue weighted by Crippen LogP contribution is 2.21.